The number of amides is 1. The van der Waals surface area contributed by atoms with Crippen LogP contribution in [0, 0.1) is 23.3 Å². The van der Waals surface area contributed by atoms with Crippen LogP contribution in [0.25, 0.3) is 6.08 Å². The summed E-state index contributed by atoms with van der Waals surface area (Å²) in [5.74, 6) is -6.39. The van der Waals surface area contributed by atoms with Gasteiger partial charge < -0.3 is 14.8 Å². The quantitative estimate of drug-likeness (QED) is 0.233. The molecule has 0 unspecified atom stereocenters. The average Bonchev–Trinajstić information content (AvgIpc) is 2.79. The lowest BCUT2D eigenvalue weighted by molar-refractivity contribution is -0.111. The maximum absolute atomic E-state index is 13.7. The van der Waals surface area contributed by atoms with Gasteiger partial charge in [0.05, 0.1) is 7.11 Å². The van der Waals surface area contributed by atoms with Gasteiger partial charge in [0.25, 0.3) is 0 Å². The number of ether oxygens (including phenoxy) is 2. The predicted molar refractivity (Wildman–Crippen MR) is 115 cm³/mol. The molecule has 32 heavy (non-hydrogen) atoms. The molecular formula is C23H16BrF4NO3. The van der Waals surface area contributed by atoms with Gasteiger partial charge in [-0.15, -0.1) is 0 Å². The number of hydrogen-bond acceptors (Lipinski definition) is 3. The molecule has 0 heterocycles. The molecule has 0 saturated carbocycles. The zero-order valence-corrected chi connectivity index (χ0v) is 18.2. The summed E-state index contributed by atoms with van der Waals surface area (Å²) in [7, 11) is 1.50. The van der Waals surface area contributed by atoms with Crippen LogP contribution in [0.2, 0.25) is 0 Å². The molecular weight excluding hydrogens is 494 g/mol. The van der Waals surface area contributed by atoms with Crippen LogP contribution in [0.4, 0.5) is 23.2 Å². The molecule has 0 aliphatic heterocycles. The molecule has 9 heteroatoms. The highest BCUT2D eigenvalue weighted by Crippen LogP contribution is 2.25. The summed E-state index contributed by atoms with van der Waals surface area (Å²) in [6.07, 6.45) is 2.34. The summed E-state index contributed by atoms with van der Waals surface area (Å²) in [6.45, 7) is 0.178. The Morgan fingerprint density at radius 3 is 2.28 bits per heavy atom. The molecule has 0 spiro atoms. The molecule has 4 nitrogen and oxygen atoms in total. The normalized spacial score (nSPS) is 10.9. The van der Waals surface area contributed by atoms with Crippen molar-refractivity contribution in [3.8, 4) is 11.5 Å². The van der Waals surface area contributed by atoms with Crippen molar-refractivity contribution < 1.29 is 31.8 Å². The van der Waals surface area contributed by atoms with Crippen molar-refractivity contribution in [2.24, 2.45) is 0 Å². The number of methoxy groups -OCH3 is 1. The molecule has 0 aromatic heterocycles. The molecule has 0 radical (unpaired) electrons. The minimum atomic E-state index is -1.69. The van der Waals surface area contributed by atoms with Crippen molar-refractivity contribution in [1.82, 2.24) is 0 Å². The first-order chi connectivity index (χ1) is 15.3. The molecule has 1 amide bonds. The highest BCUT2D eigenvalue weighted by Gasteiger charge is 2.20. The topological polar surface area (TPSA) is 47.6 Å². The number of rotatable bonds is 7. The fourth-order valence-corrected chi connectivity index (χ4v) is 2.99. The Morgan fingerprint density at radius 2 is 1.66 bits per heavy atom. The van der Waals surface area contributed by atoms with Crippen LogP contribution in [0.5, 0.6) is 11.5 Å². The van der Waals surface area contributed by atoms with E-state index < -0.39 is 34.9 Å². The Bertz CT molecular complexity index is 1140. The number of hydrogen-bond donors (Lipinski definition) is 1. The van der Waals surface area contributed by atoms with Gasteiger partial charge in [0.2, 0.25) is 5.91 Å². The number of carbonyl (C=O) groups is 1. The van der Waals surface area contributed by atoms with Crippen molar-refractivity contribution in [1.29, 1.82) is 0 Å². The zero-order chi connectivity index (χ0) is 23.3. The van der Waals surface area contributed by atoms with E-state index in [1.807, 2.05) is 17.4 Å². The van der Waals surface area contributed by atoms with E-state index in [4.69, 9.17) is 9.47 Å². The van der Waals surface area contributed by atoms with Gasteiger partial charge in [-0.05, 0) is 48.0 Å². The zero-order valence-electron chi connectivity index (χ0n) is 16.6. The molecule has 0 fully saturated rings. The Balaban J connectivity index is 1.73. The first kappa shape index (κ1) is 23.3. The molecule has 0 atom stereocenters. The summed E-state index contributed by atoms with van der Waals surface area (Å²) in [4.78, 5) is 12.0. The van der Waals surface area contributed by atoms with E-state index in [1.54, 1.807) is 30.3 Å². The minimum Gasteiger partial charge on any atom is -0.496 e. The van der Waals surface area contributed by atoms with Gasteiger partial charge in [-0.25, -0.2) is 17.6 Å². The van der Waals surface area contributed by atoms with E-state index in [-0.39, 0.29) is 12.7 Å². The van der Waals surface area contributed by atoms with Gasteiger partial charge in [-0.2, -0.15) is 0 Å². The fourth-order valence-electron chi connectivity index (χ4n) is 2.73. The van der Waals surface area contributed by atoms with E-state index in [0.717, 1.165) is 10.5 Å². The third kappa shape index (κ3) is 5.67. The number of nitrogens with one attached hydrogen (secondary N) is 1. The summed E-state index contributed by atoms with van der Waals surface area (Å²) < 4.78 is 65.9. The number of benzene rings is 3. The van der Waals surface area contributed by atoms with Crippen molar-refractivity contribution >= 4 is 33.6 Å². The minimum absolute atomic E-state index is 0.0609. The van der Waals surface area contributed by atoms with Crippen LogP contribution in [0.15, 0.2) is 59.1 Å². The van der Waals surface area contributed by atoms with Gasteiger partial charge >= 0.3 is 0 Å². The van der Waals surface area contributed by atoms with Crippen molar-refractivity contribution in [2.45, 2.75) is 6.61 Å². The van der Waals surface area contributed by atoms with Crippen molar-refractivity contribution in [3.05, 3.63) is 93.5 Å². The SMILES string of the molecule is COc1ccc(C=CC(=O)Nc2c(F)c(F)cc(F)c2F)cc1COc1ccc(Br)cc1. The van der Waals surface area contributed by atoms with Crippen LogP contribution < -0.4 is 14.8 Å². The standard InChI is InChI=1S/C23H16BrF4NO3/c1-31-19-8-2-13(10-14(19)12-32-16-6-4-15(24)5-7-16)3-9-20(30)29-23-21(27)17(25)11-18(26)22(23)28/h2-11H,12H2,1H3,(H,29,30). The second kappa shape index (κ2) is 10.3. The molecule has 166 valence electrons. The lowest BCUT2D eigenvalue weighted by atomic mass is 10.1. The van der Waals surface area contributed by atoms with E-state index in [9.17, 15) is 22.4 Å². The van der Waals surface area contributed by atoms with Crippen molar-refractivity contribution in [2.75, 3.05) is 12.4 Å². The molecule has 0 saturated heterocycles. The lowest BCUT2D eigenvalue weighted by Gasteiger charge is -2.11. The Labute approximate surface area is 189 Å². The highest BCUT2D eigenvalue weighted by atomic mass is 79.9. The highest BCUT2D eigenvalue weighted by molar-refractivity contribution is 9.10. The monoisotopic (exact) mass is 509 g/mol. The summed E-state index contributed by atoms with van der Waals surface area (Å²) in [6, 6.07) is 12.3. The lowest BCUT2D eigenvalue weighted by Crippen LogP contribution is -2.13. The molecule has 0 aliphatic carbocycles. The third-order valence-corrected chi connectivity index (χ3v) is 4.83. The summed E-state index contributed by atoms with van der Waals surface area (Å²) in [5, 5.41) is 1.81. The van der Waals surface area contributed by atoms with Gasteiger partial charge in [-0.1, -0.05) is 22.0 Å². The number of carbonyl (C=O) groups excluding carboxylic acids is 1. The van der Waals surface area contributed by atoms with E-state index in [1.165, 1.54) is 13.2 Å². The Morgan fingerprint density at radius 1 is 1.00 bits per heavy atom. The largest absolute Gasteiger partial charge is 0.496 e. The second-order valence-electron chi connectivity index (χ2n) is 6.48. The summed E-state index contributed by atoms with van der Waals surface area (Å²) in [5.41, 5.74) is 0.0412. The molecule has 3 rings (SSSR count). The molecule has 0 aliphatic rings. The predicted octanol–water partition coefficient (Wildman–Crippen LogP) is 6.25. The van der Waals surface area contributed by atoms with Gasteiger partial charge in [0.15, 0.2) is 23.3 Å². The third-order valence-electron chi connectivity index (χ3n) is 4.30. The first-order valence-corrected chi connectivity index (χ1v) is 9.95. The Hall–Kier alpha value is -3.33. The van der Waals surface area contributed by atoms with Crippen LogP contribution in [-0.4, -0.2) is 13.0 Å². The van der Waals surface area contributed by atoms with Gasteiger partial charge in [0.1, 0.15) is 23.8 Å². The van der Waals surface area contributed by atoms with Crippen LogP contribution in [-0.2, 0) is 11.4 Å². The van der Waals surface area contributed by atoms with E-state index in [0.29, 0.717) is 22.6 Å². The maximum atomic E-state index is 13.7. The van der Waals surface area contributed by atoms with Gasteiger partial charge in [0, 0.05) is 22.2 Å². The van der Waals surface area contributed by atoms with E-state index in [2.05, 4.69) is 15.9 Å². The number of anilines is 1. The molecule has 3 aromatic rings. The summed E-state index contributed by atoms with van der Waals surface area (Å²) >= 11 is 3.34. The first-order valence-electron chi connectivity index (χ1n) is 9.16. The average molecular weight is 510 g/mol. The van der Waals surface area contributed by atoms with Crippen LogP contribution >= 0.6 is 15.9 Å². The molecule has 3 aromatic carbocycles. The second-order valence-corrected chi connectivity index (χ2v) is 7.40. The van der Waals surface area contributed by atoms with Gasteiger partial charge in [-0.3, -0.25) is 4.79 Å². The smallest absolute Gasteiger partial charge is 0.248 e. The Kier molecular flexibility index (Phi) is 7.53. The number of halogens is 5. The molecule has 0 bridgehead atoms. The van der Waals surface area contributed by atoms with E-state index >= 15 is 0 Å². The van der Waals surface area contributed by atoms with Crippen LogP contribution in [0.3, 0.4) is 0 Å². The maximum Gasteiger partial charge on any atom is 0.248 e. The fraction of sp³-hybridized carbons (Fsp3) is 0.0870. The van der Waals surface area contributed by atoms with Crippen LogP contribution in [0.1, 0.15) is 11.1 Å². The molecule has 1 N–H and O–H groups in total. The van der Waals surface area contributed by atoms with Crippen molar-refractivity contribution in [3.63, 3.8) is 0 Å².